The maximum Gasteiger partial charge on any atom is 0.263 e. The molecule has 0 aliphatic heterocycles. The molecule has 3 heterocycles. The number of rotatable bonds is 1. The van der Waals surface area contributed by atoms with Crippen molar-refractivity contribution in [1.29, 1.82) is 0 Å². The van der Waals surface area contributed by atoms with Gasteiger partial charge in [0.1, 0.15) is 5.52 Å². The van der Waals surface area contributed by atoms with E-state index in [2.05, 4.69) is 9.97 Å². The van der Waals surface area contributed by atoms with Crippen molar-refractivity contribution >= 4 is 11.1 Å². The molecule has 0 saturated carbocycles. The van der Waals surface area contributed by atoms with E-state index in [1.807, 2.05) is 0 Å². The summed E-state index contributed by atoms with van der Waals surface area (Å²) in [6.45, 7) is 0. The molecule has 68 valence electrons. The first-order chi connectivity index (χ1) is 6.93. The average Bonchev–Trinajstić information content (AvgIpc) is 2.86. The quantitative estimate of drug-likeness (QED) is 0.585. The number of hydrogen-bond acceptors (Lipinski definition) is 4. The minimum Gasteiger partial charge on any atom is -0.459 e. The summed E-state index contributed by atoms with van der Waals surface area (Å²) in [7, 11) is 0. The molecule has 0 bridgehead atoms. The normalized spacial score (nSPS) is 10.9. The Morgan fingerprint density at radius 1 is 1.21 bits per heavy atom. The van der Waals surface area contributed by atoms with E-state index in [9.17, 15) is 0 Å². The number of nitrogens with zero attached hydrogens (tertiary/aromatic N) is 2. The lowest BCUT2D eigenvalue weighted by atomic mass is 10.4. The summed E-state index contributed by atoms with van der Waals surface area (Å²) in [5.41, 5.74) is 1.45. The Kier molecular flexibility index (Phi) is 1.41. The fourth-order valence-corrected chi connectivity index (χ4v) is 1.29. The molecular formula is C10H6N2O2. The molecule has 0 saturated heterocycles. The minimum absolute atomic E-state index is 0.484. The van der Waals surface area contributed by atoms with E-state index >= 15 is 0 Å². The fourth-order valence-electron chi connectivity index (χ4n) is 1.29. The Labute approximate surface area is 79.2 Å². The van der Waals surface area contributed by atoms with E-state index < -0.39 is 0 Å². The van der Waals surface area contributed by atoms with Crippen molar-refractivity contribution in [3.8, 4) is 11.7 Å². The predicted molar refractivity (Wildman–Crippen MR) is 49.5 cm³/mol. The predicted octanol–water partition coefficient (Wildman–Crippen LogP) is 2.48. The van der Waals surface area contributed by atoms with Crippen LogP contribution in [0.1, 0.15) is 0 Å². The molecule has 4 heteroatoms. The second-order valence-electron chi connectivity index (χ2n) is 2.84. The van der Waals surface area contributed by atoms with Crippen LogP contribution in [0.15, 0.2) is 45.7 Å². The van der Waals surface area contributed by atoms with Gasteiger partial charge in [-0.15, -0.1) is 0 Å². The number of aromatic nitrogens is 2. The number of pyridine rings is 1. The molecule has 0 radical (unpaired) electrons. The van der Waals surface area contributed by atoms with Crippen LogP contribution in [0.5, 0.6) is 0 Å². The maximum atomic E-state index is 5.45. The van der Waals surface area contributed by atoms with Gasteiger partial charge in [0.05, 0.1) is 12.5 Å². The van der Waals surface area contributed by atoms with Crippen molar-refractivity contribution in [2.75, 3.05) is 0 Å². The third-order valence-electron chi connectivity index (χ3n) is 1.92. The topological polar surface area (TPSA) is 52.1 Å². The van der Waals surface area contributed by atoms with Crippen molar-refractivity contribution < 1.29 is 8.83 Å². The monoisotopic (exact) mass is 186 g/mol. The molecule has 0 aliphatic rings. The Morgan fingerprint density at radius 2 is 2.21 bits per heavy atom. The van der Waals surface area contributed by atoms with E-state index in [1.165, 1.54) is 0 Å². The Morgan fingerprint density at radius 3 is 3.00 bits per heavy atom. The molecule has 0 fully saturated rings. The van der Waals surface area contributed by atoms with Gasteiger partial charge in [0, 0.05) is 6.20 Å². The summed E-state index contributed by atoms with van der Waals surface area (Å²) in [4.78, 5) is 8.20. The van der Waals surface area contributed by atoms with Crippen LogP contribution < -0.4 is 0 Å². The van der Waals surface area contributed by atoms with Crippen molar-refractivity contribution in [2.24, 2.45) is 0 Å². The van der Waals surface area contributed by atoms with Crippen molar-refractivity contribution in [3.63, 3.8) is 0 Å². The van der Waals surface area contributed by atoms with Crippen molar-refractivity contribution in [2.45, 2.75) is 0 Å². The summed E-state index contributed by atoms with van der Waals surface area (Å²) in [6.07, 6.45) is 4.90. The largest absolute Gasteiger partial charge is 0.459 e. The van der Waals surface area contributed by atoms with Gasteiger partial charge in [0.25, 0.3) is 5.89 Å². The van der Waals surface area contributed by atoms with E-state index in [-0.39, 0.29) is 0 Å². The molecule has 0 amide bonds. The zero-order valence-electron chi connectivity index (χ0n) is 7.18. The van der Waals surface area contributed by atoms with Crippen molar-refractivity contribution in [3.05, 3.63) is 36.9 Å². The highest BCUT2D eigenvalue weighted by Crippen LogP contribution is 2.23. The third-order valence-corrected chi connectivity index (χ3v) is 1.92. The molecule has 3 aromatic heterocycles. The average molecular weight is 186 g/mol. The van der Waals surface area contributed by atoms with Gasteiger partial charge in [0.15, 0.2) is 11.3 Å². The van der Waals surface area contributed by atoms with Gasteiger partial charge in [-0.1, -0.05) is 0 Å². The smallest absolute Gasteiger partial charge is 0.263 e. The van der Waals surface area contributed by atoms with Gasteiger partial charge in [0.2, 0.25) is 0 Å². The number of fused-ring (bicyclic) bond motifs is 1. The molecule has 0 aromatic carbocycles. The minimum atomic E-state index is 0.484. The van der Waals surface area contributed by atoms with E-state index in [1.54, 1.807) is 36.9 Å². The van der Waals surface area contributed by atoms with Crippen LogP contribution in [-0.2, 0) is 0 Å². The number of hydrogen-bond donors (Lipinski definition) is 0. The van der Waals surface area contributed by atoms with Crippen LogP contribution in [0.2, 0.25) is 0 Å². The lowest BCUT2D eigenvalue weighted by Crippen LogP contribution is -1.70. The Bertz CT molecular complexity index is 521. The maximum absolute atomic E-state index is 5.45. The first kappa shape index (κ1) is 7.32. The zero-order valence-corrected chi connectivity index (χ0v) is 7.18. The summed E-state index contributed by atoms with van der Waals surface area (Å²) in [5.74, 6) is 1.11. The number of oxazole rings is 1. The molecule has 0 unspecified atom stereocenters. The highest BCUT2D eigenvalue weighted by atomic mass is 16.4. The van der Waals surface area contributed by atoms with E-state index in [4.69, 9.17) is 8.83 Å². The SMILES string of the molecule is c1coc(-c2nc3ccncc3o2)c1. The van der Waals surface area contributed by atoms with Crippen molar-refractivity contribution in [1.82, 2.24) is 9.97 Å². The standard InChI is InChI=1S/C10H6N2O2/c1-2-8(13-5-1)10-12-7-3-4-11-6-9(7)14-10/h1-6H. The molecule has 0 atom stereocenters. The molecule has 0 spiro atoms. The number of furan rings is 1. The van der Waals surface area contributed by atoms with Crippen LogP contribution in [0.25, 0.3) is 22.8 Å². The van der Waals surface area contributed by atoms with Crippen LogP contribution in [-0.4, -0.2) is 9.97 Å². The molecule has 14 heavy (non-hydrogen) atoms. The first-order valence-electron chi connectivity index (χ1n) is 4.18. The summed E-state index contributed by atoms with van der Waals surface area (Å²) >= 11 is 0. The van der Waals surface area contributed by atoms with Gasteiger partial charge in [-0.2, -0.15) is 0 Å². The molecule has 4 nitrogen and oxygen atoms in total. The third kappa shape index (κ3) is 1.01. The lowest BCUT2D eigenvalue weighted by Gasteiger charge is -1.83. The van der Waals surface area contributed by atoms with Crippen LogP contribution in [0.3, 0.4) is 0 Å². The highest BCUT2D eigenvalue weighted by molar-refractivity contribution is 5.73. The molecular weight excluding hydrogens is 180 g/mol. The summed E-state index contributed by atoms with van der Waals surface area (Å²) < 4.78 is 10.6. The van der Waals surface area contributed by atoms with Gasteiger partial charge in [-0.3, -0.25) is 4.98 Å². The second-order valence-corrected chi connectivity index (χ2v) is 2.84. The van der Waals surface area contributed by atoms with Gasteiger partial charge in [-0.25, -0.2) is 4.98 Å². The summed E-state index contributed by atoms with van der Waals surface area (Å²) in [5, 5.41) is 0. The van der Waals surface area contributed by atoms with E-state index in [0.29, 0.717) is 17.2 Å². The molecule has 0 N–H and O–H groups in total. The lowest BCUT2D eigenvalue weighted by molar-refractivity contribution is 0.534. The Hall–Kier alpha value is -2.10. The molecule has 0 aliphatic carbocycles. The zero-order chi connectivity index (χ0) is 9.38. The van der Waals surface area contributed by atoms with Crippen LogP contribution in [0.4, 0.5) is 0 Å². The van der Waals surface area contributed by atoms with Crippen LogP contribution >= 0.6 is 0 Å². The first-order valence-corrected chi connectivity index (χ1v) is 4.18. The Balaban J connectivity index is 2.24. The second kappa shape index (κ2) is 2.70. The summed E-state index contributed by atoms with van der Waals surface area (Å²) in [6, 6.07) is 5.39. The van der Waals surface area contributed by atoms with E-state index in [0.717, 1.165) is 5.52 Å². The molecule has 3 rings (SSSR count). The molecule has 3 aromatic rings. The van der Waals surface area contributed by atoms with Crippen LogP contribution in [0, 0.1) is 0 Å². The highest BCUT2D eigenvalue weighted by Gasteiger charge is 2.09. The van der Waals surface area contributed by atoms with Gasteiger partial charge >= 0.3 is 0 Å². The fraction of sp³-hybridized carbons (Fsp3) is 0. The van der Waals surface area contributed by atoms with Gasteiger partial charge in [-0.05, 0) is 18.2 Å². The van der Waals surface area contributed by atoms with Gasteiger partial charge < -0.3 is 8.83 Å².